The molecule has 3 aliphatic carbocycles. The maximum atomic E-state index is 13.2. The molecule has 0 aromatic carbocycles. The van der Waals surface area contributed by atoms with Gasteiger partial charge in [0, 0.05) is 6.04 Å². The van der Waals surface area contributed by atoms with Crippen molar-refractivity contribution in [1.29, 1.82) is 0 Å². The third-order valence-corrected chi connectivity index (χ3v) is 7.08. The number of nitrogens with zero attached hydrogens (tertiary/aromatic N) is 1. The van der Waals surface area contributed by atoms with Gasteiger partial charge in [0.15, 0.2) is 0 Å². The molecule has 118 valence electrons. The van der Waals surface area contributed by atoms with Gasteiger partial charge in [-0.25, -0.2) is 0 Å². The topological polar surface area (TPSA) is 32.3 Å². The van der Waals surface area contributed by atoms with Gasteiger partial charge in [-0.15, -0.1) is 0 Å². The molecule has 1 amide bonds. The summed E-state index contributed by atoms with van der Waals surface area (Å²) in [6.07, 6.45) is 12.0. The highest BCUT2D eigenvalue weighted by molar-refractivity contribution is 5.88. The fourth-order valence-electron chi connectivity index (χ4n) is 5.65. The van der Waals surface area contributed by atoms with E-state index in [4.69, 9.17) is 0 Å². The lowest BCUT2D eigenvalue weighted by atomic mass is 9.91. The molecule has 0 aromatic heterocycles. The molecule has 0 radical (unpaired) electrons. The molecule has 3 saturated carbocycles. The molecule has 3 heteroatoms. The molecule has 4 fully saturated rings. The van der Waals surface area contributed by atoms with Crippen LogP contribution in [0.3, 0.4) is 0 Å². The maximum Gasteiger partial charge on any atom is 0.244 e. The average Bonchev–Trinajstić information content (AvgIpc) is 3.23. The second kappa shape index (κ2) is 4.97. The van der Waals surface area contributed by atoms with E-state index in [1.54, 1.807) is 0 Å². The van der Waals surface area contributed by atoms with Crippen LogP contribution < -0.4 is 5.32 Å². The van der Waals surface area contributed by atoms with Gasteiger partial charge in [0.2, 0.25) is 5.91 Å². The highest BCUT2D eigenvalue weighted by Crippen LogP contribution is 2.49. The Kier molecular flexibility index (Phi) is 3.33. The van der Waals surface area contributed by atoms with E-state index in [2.05, 4.69) is 24.1 Å². The second-order valence-corrected chi connectivity index (χ2v) is 8.27. The van der Waals surface area contributed by atoms with Crippen molar-refractivity contribution in [3.63, 3.8) is 0 Å². The van der Waals surface area contributed by atoms with E-state index >= 15 is 0 Å². The summed E-state index contributed by atoms with van der Waals surface area (Å²) in [5.74, 6) is 2.80. The molecule has 3 nitrogen and oxygen atoms in total. The van der Waals surface area contributed by atoms with Gasteiger partial charge in [-0.1, -0.05) is 26.2 Å². The second-order valence-electron chi connectivity index (χ2n) is 8.27. The van der Waals surface area contributed by atoms with Crippen LogP contribution >= 0.6 is 0 Å². The van der Waals surface area contributed by atoms with Crippen LogP contribution in [0.2, 0.25) is 0 Å². The van der Waals surface area contributed by atoms with Crippen molar-refractivity contribution in [2.45, 2.75) is 89.4 Å². The summed E-state index contributed by atoms with van der Waals surface area (Å²) in [5.41, 5.74) is -0.310. The van der Waals surface area contributed by atoms with Gasteiger partial charge in [-0.2, -0.15) is 0 Å². The maximum absolute atomic E-state index is 13.2. The van der Waals surface area contributed by atoms with Crippen molar-refractivity contribution < 1.29 is 4.79 Å². The molecule has 1 heterocycles. The zero-order valence-corrected chi connectivity index (χ0v) is 13.6. The Hall–Kier alpha value is -0.570. The standard InChI is InChI=1S/C18H30N2O/c1-3-18(2)17(21)20(15-11-12-8-9-14(15)10-12)16(19-18)13-6-4-5-7-13/h12-16,19H,3-11H2,1-2H3. The van der Waals surface area contributed by atoms with Crippen LogP contribution in [0, 0.1) is 17.8 Å². The minimum absolute atomic E-state index is 0.310. The van der Waals surface area contributed by atoms with E-state index in [0.29, 0.717) is 24.0 Å². The van der Waals surface area contributed by atoms with E-state index in [1.165, 1.54) is 51.4 Å². The Bertz CT molecular complexity index is 431. The van der Waals surface area contributed by atoms with Crippen molar-refractivity contribution in [3.8, 4) is 0 Å². The van der Waals surface area contributed by atoms with E-state index in [-0.39, 0.29) is 5.54 Å². The van der Waals surface area contributed by atoms with Crippen LogP contribution in [0.1, 0.15) is 71.6 Å². The molecule has 4 aliphatic rings. The number of carbonyl (C=O) groups is 1. The summed E-state index contributed by atoms with van der Waals surface area (Å²) in [7, 11) is 0. The molecule has 5 atom stereocenters. The third kappa shape index (κ3) is 2.07. The first-order valence-electron chi connectivity index (χ1n) is 9.23. The molecule has 1 N–H and O–H groups in total. The van der Waals surface area contributed by atoms with Crippen LogP contribution in [0.4, 0.5) is 0 Å². The molecule has 1 saturated heterocycles. The first kappa shape index (κ1) is 14.0. The number of carbonyl (C=O) groups excluding carboxylic acids is 1. The van der Waals surface area contributed by atoms with E-state index < -0.39 is 0 Å². The van der Waals surface area contributed by atoms with Gasteiger partial charge in [-0.05, 0) is 63.2 Å². The van der Waals surface area contributed by atoms with Crippen molar-refractivity contribution in [2.75, 3.05) is 0 Å². The number of hydrogen-bond acceptors (Lipinski definition) is 2. The van der Waals surface area contributed by atoms with E-state index in [9.17, 15) is 4.79 Å². The predicted molar refractivity (Wildman–Crippen MR) is 83.7 cm³/mol. The Morgan fingerprint density at radius 2 is 1.90 bits per heavy atom. The Labute approximate surface area is 128 Å². The van der Waals surface area contributed by atoms with Crippen molar-refractivity contribution in [3.05, 3.63) is 0 Å². The fourth-order valence-corrected chi connectivity index (χ4v) is 5.65. The minimum atomic E-state index is -0.310. The highest BCUT2D eigenvalue weighted by Gasteiger charge is 2.55. The average molecular weight is 290 g/mol. The van der Waals surface area contributed by atoms with Crippen LogP contribution in [-0.4, -0.2) is 28.6 Å². The SMILES string of the molecule is CCC1(C)NC(C2CCCC2)N(C2CC3CCC2C3)C1=O. The molecule has 21 heavy (non-hydrogen) atoms. The Morgan fingerprint density at radius 1 is 1.14 bits per heavy atom. The van der Waals surface area contributed by atoms with Gasteiger partial charge < -0.3 is 4.90 Å². The lowest BCUT2D eigenvalue weighted by Gasteiger charge is -2.38. The van der Waals surface area contributed by atoms with Crippen LogP contribution in [0.5, 0.6) is 0 Å². The summed E-state index contributed by atoms with van der Waals surface area (Å²) in [6, 6.07) is 0.544. The normalized spacial score (nSPS) is 47.0. The first-order chi connectivity index (χ1) is 10.1. The van der Waals surface area contributed by atoms with Gasteiger partial charge in [0.05, 0.1) is 11.7 Å². The Balaban J connectivity index is 1.62. The zero-order chi connectivity index (χ0) is 14.6. The fraction of sp³-hybridized carbons (Fsp3) is 0.944. The highest BCUT2D eigenvalue weighted by atomic mass is 16.2. The van der Waals surface area contributed by atoms with Gasteiger partial charge in [0.25, 0.3) is 0 Å². The smallest absolute Gasteiger partial charge is 0.244 e. The van der Waals surface area contributed by atoms with Crippen molar-refractivity contribution >= 4 is 5.91 Å². The lowest BCUT2D eigenvalue weighted by Crippen LogP contribution is -2.49. The molecule has 4 rings (SSSR count). The molecular formula is C18H30N2O. The van der Waals surface area contributed by atoms with Gasteiger partial charge >= 0.3 is 0 Å². The van der Waals surface area contributed by atoms with Gasteiger partial charge in [-0.3, -0.25) is 10.1 Å². The van der Waals surface area contributed by atoms with Crippen LogP contribution in [0.15, 0.2) is 0 Å². The molecular weight excluding hydrogens is 260 g/mol. The molecule has 0 aromatic rings. The molecule has 0 spiro atoms. The first-order valence-corrected chi connectivity index (χ1v) is 9.23. The molecule has 5 unspecified atom stereocenters. The summed E-state index contributed by atoms with van der Waals surface area (Å²) < 4.78 is 0. The summed E-state index contributed by atoms with van der Waals surface area (Å²) in [6.45, 7) is 4.28. The lowest BCUT2D eigenvalue weighted by molar-refractivity contribution is -0.136. The Morgan fingerprint density at radius 3 is 2.48 bits per heavy atom. The number of amides is 1. The predicted octanol–water partition coefficient (Wildman–Crippen LogP) is 3.29. The molecule has 1 aliphatic heterocycles. The summed E-state index contributed by atoms with van der Waals surface area (Å²) in [4.78, 5) is 15.5. The summed E-state index contributed by atoms with van der Waals surface area (Å²) >= 11 is 0. The zero-order valence-electron chi connectivity index (χ0n) is 13.6. The van der Waals surface area contributed by atoms with Crippen LogP contribution in [-0.2, 0) is 4.79 Å². The number of nitrogens with one attached hydrogen (secondary N) is 1. The van der Waals surface area contributed by atoms with Gasteiger partial charge in [0.1, 0.15) is 0 Å². The third-order valence-electron chi connectivity index (χ3n) is 7.08. The van der Waals surface area contributed by atoms with Crippen molar-refractivity contribution in [1.82, 2.24) is 10.2 Å². The number of hydrogen-bond donors (Lipinski definition) is 1. The number of rotatable bonds is 3. The summed E-state index contributed by atoms with van der Waals surface area (Å²) in [5, 5.41) is 3.77. The van der Waals surface area contributed by atoms with Crippen molar-refractivity contribution in [2.24, 2.45) is 17.8 Å². The van der Waals surface area contributed by atoms with E-state index in [1.807, 2.05) is 0 Å². The minimum Gasteiger partial charge on any atom is -0.322 e. The van der Waals surface area contributed by atoms with Crippen LogP contribution in [0.25, 0.3) is 0 Å². The largest absolute Gasteiger partial charge is 0.322 e. The number of fused-ring (bicyclic) bond motifs is 2. The monoisotopic (exact) mass is 290 g/mol. The molecule has 2 bridgehead atoms. The quantitative estimate of drug-likeness (QED) is 0.865. The van der Waals surface area contributed by atoms with E-state index in [0.717, 1.165) is 18.3 Å².